The summed E-state index contributed by atoms with van der Waals surface area (Å²) < 4.78 is 0. The molecule has 5 heteroatoms. The van der Waals surface area contributed by atoms with Gasteiger partial charge in [0.05, 0.1) is 23.3 Å². The third-order valence-corrected chi connectivity index (χ3v) is 4.51. The van der Waals surface area contributed by atoms with Gasteiger partial charge in [-0.15, -0.1) is 11.3 Å². The number of aryl methyl sites for hydroxylation is 1. The minimum atomic E-state index is 0.281. The van der Waals surface area contributed by atoms with Crippen molar-refractivity contribution in [1.29, 1.82) is 0 Å². The molecule has 1 unspecified atom stereocenters. The van der Waals surface area contributed by atoms with Crippen LogP contribution in [0.15, 0.2) is 10.4 Å². The van der Waals surface area contributed by atoms with E-state index >= 15 is 0 Å². The number of aliphatic imine (C=N–C) groups is 1. The van der Waals surface area contributed by atoms with Crippen molar-refractivity contribution in [2.24, 2.45) is 10.7 Å². The van der Waals surface area contributed by atoms with Crippen molar-refractivity contribution in [3.8, 4) is 0 Å². The highest BCUT2D eigenvalue weighted by Crippen LogP contribution is 2.34. The average molecular weight is 250 g/mol. The van der Waals surface area contributed by atoms with E-state index in [1.165, 1.54) is 25.7 Å². The van der Waals surface area contributed by atoms with Crippen LogP contribution in [-0.4, -0.2) is 28.4 Å². The summed E-state index contributed by atoms with van der Waals surface area (Å²) in [6.07, 6.45) is 5.13. The first kappa shape index (κ1) is 11.0. The van der Waals surface area contributed by atoms with Gasteiger partial charge in [0, 0.05) is 11.4 Å². The highest BCUT2D eigenvalue weighted by Gasteiger charge is 2.35. The molecule has 0 bridgehead atoms. The SMILES string of the molecule is Cc1nc(C2CN=C(N)N2C2CCCC2)cs1. The fourth-order valence-corrected chi connectivity index (χ4v) is 3.56. The molecule has 1 aromatic heterocycles. The van der Waals surface area contributed by atoms with Gasteiger partial charge in [-0.2, -0.15) is 0 Å². The van der Waals surface area contributed by atoms with Crippen molar-refractivity contribution in [1.82, 2.24) is 9.88 Å². The molecule has 0 radical (unpaired) electrons. The van der Waals surface area contributed by atoms with E-state index in [2.05, 4.69) is 20.3 Å². The molecule has 17 heavy (non-hydrogen) atoms. The molecule has 0 amide bonds. The Morgan fingerprint density at radius 3 is 2.82 bits per heavy atom. The van der Waals surface area contributed by atoms with Crippen LogP contribution in [0.2, 0.25) is 0 Å². The van der Waals surface area contributed by atoms with Crippen LogP contribution < -0.4 is 5.73 Å². The van der Waals surface area contributed by atoms with Gasteiger partial charge in [0.15, 0.2) is 5.96 Å². The maximum atomic E-state index is 6.04. The number of aromatic nitrogens is 1. The van der Waals surface area contributed by atoms with Gasteiger partial charge in [-0.1, -0.05) is 12.8 Å². The Kier molecular flexibility index (Phi) is 2.78. The molecule has 1 aromatic rings. The summed E-state index contributed by atoms with van der Waals surface area (Å²) in [4.78, 5) is 11.3. The zero-order chi connectivity index (χ0) is 11.8. The van der Waals surface area contributed by atoms with E-state index in [1.54, 1.807) is 11.3 Å². The summed E-state index contributed by atoms with van der Waals surface area (Å²) in [6.45, 7) is 2.82. The Morgan fingerprint density at radius 1 is 1.41 bits per heavy atom. The molecule has 0 saturated heterocycles. The molecule has 1 aliphatic carbocycles. The number of hydrogen-bond acceptors (Lipinski definition) is 5. The first-order valence-electron chi connectivity index (χ1n) is 6.26. The summed E-state index contributed by atoms with van der Waals surface area (Å²) >= 11 is 1.71. The lowest BCUT2D eigenvalue weighted by molar-refractivity contribution is 0.259. The van der Waals surface area contributed by atoms with Crippen LogP contribution in [0.25, 0.3) is 0 Å². The van der Waals surface area contributed by atoms with Crippen molar-refractivity contribution in [2.45, 2.75) is 44.7 Å². The van der Waals surface area contributed by atoms with Crippen molar-refractivity contribution in [3.05, 3.63) is 16.1 Å². The number of guanidine groups is 1. The first-order chi connectivity index (χ1) is 8.25. The Balaban J connectivity index is 1.85. The molecule has 0 spiro atoms. The first-order valence-corrected chi connectivity index (χ1v) is 7.14. The summed E-state index contributed by atoms with van der Waals surface area (Å²) in [5.74, 6) is 0.715. The van der Waals surface area contributed by atoms with Crippen molar-refractivity contribution < 1.29 is 0 Å². The van der Waals surface area contributed by atoms with Gasteiger partial charge in [0.1, 0.15) is 0 Å². The monoisotopic (exact) mass is 250 g/mol. The van der Waals surface area contributed by atoms with Gasteiger partial charge in [-0.05, 0) is 19.8 Å². The number of hydrogen-bond donors (Lipinski definition) is 1. The topological polar surface area (TPSA) is 54.5 Å². The highest BCUT2D eigenvalue weighted by atomic mass is 32.1. The fraction of sp³-hybridized carbons (Fsp3) is 0.667. The van der Waals surface area contributed by atoms with Crippen molar-refractivity contribution in [2.75, 3.05) is 6.54 Å². The highest BCUT2D eigenvalue weighted by molar-refractivity contribution is 7.09. The zero-order valence-corrected chi connectivity index (χ0v) is 10.9. The lowest BCUT2D eigenvalue weighted by atomic mass is 10.1. The number of nitrogens with two attached hydrogens (primary N) is 1. The van der Waals surface area contributed by atoms with E-state index in [0.29, 0.717) is 12.0 Å². The minimum absolute atomic E-state index is 0.281. The van der Waals surface area contributed by atoms with E-state index in [9.17, 15) is 0 Å². The predicted octanol–water partition coefficient (Wildman–Crippen LogP) is 2.07. The second kappa shape index (κ2) is 4.29. The van der Waals surface area contributed by atoms with Crippen LogP contribution in [0.5, 0.6) is 0 Å². The molecule has 3 rings (SSSR count). The molecular formula is C12H18N4S. The second-order valence-electron chi connectivity index (χ2n) is 4.85. The zero-order valence-electron chi connectivity index (χ0n) is 10.1. The van der Waals surface area contributed by atoms with Crippen LogP contribution in [0, 0.1) is 6.92 Å². The van der Waals surface area contributed by atoms with Crippen LogP contribution in [0.4, 0.5) is 0 Å². The molecule has 1 saturated carbocycles. The molecule has 0 aromatic carbocycles. The number of thiazole rings is 1. The standard InChI is InChI=1S/C12H18N4S/c1-8-15-10(7-17-8)11-6-14-12(13)16(11)9-4-2-3-5-9/h7,9,11H,2-6H2,1H3,(H2,13,14). The molecule has 4 nitrogen and oxygen atoms in total. The van der Waals surface area contributed by atoms with Crippen LogP contribution in [0.1, 0.15) is 42.4 Å². The molecular weight excluding hydrogens is 232 g/mol. The van der Waals surface area contributed by atoms with Crippen LogP contribution in [-0.2, 0) is 0 Å². The third-order valence-electron chi connectivity index (χ3n) is 3.72. The summed E-state index contributed by atoms with van der Waals surface area (Å²) in [6, 6.07) is 0.858. The smallest absolute Gasteiger partial charge is 0.192 e. The number of rotatable bonds is 2. The fourth-order valence-electron chi connectivity index (χ4n) is 2.90. The van der Waals surface area contributed by atoms with E-state index in [1.807, 2.05) is 6.92 Å². The average Bonchev–Trinajstić information content (AvgIpc) is 2.97. The minimum Gasteiger partial charge on any atom is -0.370 e. The Labute approximate surface area is 106 Å². The third kappa shape index (κ3) is 1.92. The molecule has 92 valence electrons. The van der Waals surface area contributed by atoms with Crippen molar-refractivity contribution in [3.63, 3.8) is 0 Å². The second-order valence-corrected chi connectivity index (χ2v) is 5.91. The molecule has 1 aliphatic heterocycles. The quantitative estimate of drug-likeness (QED) is 0.874. The van der Waals surface area contributed by atoms with Crippen LogP contribution >= 0.6 is 11.3 Å². The lowest BCUT2D eigenvalue weighted by Gasteiger charge is -2.31. The van der Waals surface area contributed by atoms with Crippen LogP contribution in [0.3, 0.4) is 0 Å². The summed E-state index contributed by atoms with van der Waals surface area (Å²) in [7, 11) is 0. The Hall–Kier alpha value is -1.10. The van der Waals surface area contributed by atoms with E-state index in [4.69, 9.17) is 5.73 Å². The lowest BCUT2D eigenvalue weighted by Crippen LogP contribution is -2.42. The van der Waals surface area contributed by atoms with E-state index in [-0.39, 0.29) is 6.04 Å². The van der Waals surface area contributed by atoms with Gasteiger partial charge < -0.3 is 10.6 Å². The Morgan fingerprint density at radius 2 is 2.18 bits per heavy atom. The summed E-state index contributed by atoms with van der Waals surface area (Å²) in [5.41, 5.74) is 7.19. The molecule has 1 fully saturated rings. The van der Waals surface area contributed by atoms with Crippen molar-refractivity contribution >= 4 is 17.3 Å². The van der Waals surface area contributed by atoms with Gasteiger partial charge in [-0.3, -0.25) is 4.99 Å². The number of nitrogens with zero attached hydrogens (tertiary/aromatic N) is 3. The van der Waals surface area contributed by atoms with Gasteiger partial charge >= 0.3 is 0 Å². The molecule has 2 aliphatic rings. The van der Waals surface area contributed by atoms with Gasteiger partial charge in [-0.25, -0.2) is 4.98 Å². The van der Waals surface area contributed by atoms with E-state index in [0.717, 1.165) is 17.2 Å². The normalized spacial score (nSPS) is 25.6. The Bertz CT molecular complexity index is 433. The predicted molar refractivity (Wildman–Crippen MR) is 70.2 cm³/mol. The van der Waals surface area contributed by atoms with E-state index < -0.39 is 0 Å². The maximum absolute atomic E-state index is 6.04. The molecule has 2 N–H and O–H groups in total. The largest absolute Gasteiger partial charge is 0.370 e. The molecule has 2 heterocycles. The van der Waals surface area contributed by atoms with Gasteiger partial charge in [0.25, 0.3) is 0 Å². The maximum Gasteiger partial charge on any atom is 0.192 e. The van der Waals surface area contributed by atoms with Gasteiger partial charge in [0.2, 0.25) is 0 Å². The summed E-state index contributed by atoms with van der Waals surface area (Å²) in [5, 5.41) is 3.27. The molecule has 1 atom stereocenters.